The number of aldehydes is 1. The molecule has 0 aromatic heterocycles. The van der Waals surface area contributed by atoms with Crippen LogP contribution in [0.3, 0.4) is 0 Å². The molecule has 126 valence electrons. The van der Waals surface area contributed by atoms with Crippen molar-refractivity contribution in [3.05, 3.63) is 68.7 Å². The van der Waals surface area contributed by atoms with Crippen LogP contribution in [0.15, 0.2) is 42.5 Å². The number of nitrogens with one attached hydrogen (secondary N) is 1. The fourth-order valence-corrected chi connectivity index (χ4v) is 2.71. The largest absolute Gasteiger partial charge is 0.378 e. The molecule has 0 radical (unpaired) electrons. The van der Waals surface area contributed by atoms with Gasteiger partial charge in [-0.3, -0.25) is 14.9 Å². The number of nitrogens with zero attached hydrogens (tertiary/aromatic N) is 2. The molecule has 7 heteroatoms. The number of carbonyl (C=O) groups excluding carboxylic acids is 1. The summed E-state index contributed by atoms with van der Waals surface area (Å²) in [6, 6.07) is 11.8. The van der Waals surface area contributed by atoms with Crippen LogP contribution in [0.25, 0.3) is 0 Å². The molecular formula is C17H18ClN3O3. The Morgan fingerprint density at radius 2 is 2.00 bits per heavy atom. The lowest BCUT2D eigenvalue weighted by Gasteiger charge is -2.26. The van der Waals surface area contributed by atoms with Gasteiger partial charge in [-0.05, 0) is 37.9 Å². The van der Waals surface area contributed by atoms with Crippen LogP contribution in [0.1, 0.15) is 22.0 Å². The van der Waals surface area contributed by atoms with Gasteiger partial charge in [-0.2, -0.15) is 0 Å². The molecule has 2 aromatic rings. The zero-order chi connectivity index (χ0) is 17.7. The first-order valence-corrected chi connectivity index (χ1v) is 7.70. The number of likely N-dealkylation sites (N-methyl/N-ethyl adjacent to an activating group) is 1. The van der Waals surface area contributed by atoms with Crippen LogP contribution < -0.4 is 5.32 Å². The first kappa shape index (κ1) is 17.9. The zero-order valence-electron chi connectivity index (χ0n) is 13.4. The summed E-state index contributed by atoms with van der Waals surface area (Å²) in [5.74, 6) is 0. The van der Waals surface area contributed by atoms with Crippen LogP contribution in [0.5, 0.6) is 0 Å². The summed E-state index contributed by atoms with van der Waals surface area (Å²) in [7, 11) is 3.83. The summed E-state index contributed by atoms with van der Waals surface area (Å²) in [5, 5.41) is 14.9. The van der Waals surface area contributed by atoms with E-state index >= 15 is 0 Å². The van der Waals surface area contributed by atoms with Crippen molar-refractivity contribution in [2.45, 2.75) is 6.04 Å². The molecule has 0 aliphatic carbocycles. The van der Waals surface area contributed by atoms with Crippen LogP contribution in [-0.2, 0) is 0 Å². The third kappa shape index (κ3) is 4.10. The fourth-order valence-electron chi connectivity index (χ4n) is 2.45. The van der Waals surface area contributed by atoms with Gasteiger partial charge in [-0.1, -0.05) is 29.8 Å². The Hall–Kier alpha value is -2.44. The van der Waals surface area contributed by atoms with Gasteiger partial charge >= 0.3 is 0 Å². The number of hydrogen-bond donors (Lipinski definition) is 1. The Kier molecular flexibility index (Phi) is 5.89. The molecule has 0 saturated heterocycles. The van der Waals surface area contributed by atoms with Crippen molar-refractivity contribution in [1.29, 1.82) is 0 Å². The molecule has 0 saturated carbocycles. The normalized spacial score (nSPS) is 12.0. The molecule has 1 atom stereocenters. The number of nitro benzene ring substituents is 1. The molecule has 0 fully saturated rings. The fraction of sp³-hybridized carbons (Fsp3) is 0.235. The summed E-state index contributed by atoms with van der Waals surface area (Å²) >= 11 is 6.26. The summed E-state index contributed by atoms with van der Waals surface area (Å²) in [5.41, 5.74) is 1.44. The van der Waals surface area contributed by atoms with E-state index in [9.17, 15) is 14.9 Å². The van der Waals surface area contributed by atoms with E-state index in [0.717, 1.165) is 5.56 Å². The van der Waals surface area contributed by atoms with Crippen LogP contribution in [-0.4, -0.2) is 36.7 Å². The summed E-state index contributed by atoms with van der Waals surface area (Å²) in [4.78, 5) is 23.5. The minimum Gasteiger partial charge on any atom is -0.378 e. The van der Waals surface area contributed by atoms with Crippen molar-refractivity contribution in [1.82, 2.24) is 4.90 Å². The number of halogens is 1. The number of nitro groups is 1. The quantitative estimate of drug-likeness (QED) is 0.468. The van der Waals surface area contributed by atoms with Crippen molar-refractivity contribution in [2.75, 3.05) is 26.0 Å². The molecule has 2 rings (SSSR count). The molecule has 6 nitrogen and oxygen atoms in total. The van der Waals surface area contributed by atoms with E-state index in [-0.39, 0.29) is 17.3 Å². The summed E-state index contributed by atoms with van der Waals surface area (Å²) in [6.07, 6.45) is 0.586. The van der Waals surface area contributed by atoms with E-state index in [2.05, 4.69) is 5.32 Å². The predicted molar refractivity (Wildman–Crippen MR) is 94.9 cm³/mol. The summed E-state index contributed by atoms with van der Waals surface area (Å²) in [6.45, 7) is 0.429. The monoisotopic (exact) mass is 347 g/mol. The van der Waals surface area contributed by atoms with Crippen molar-refractivity contribution in [3.8, 4) is 0 Å². The number of anilines is 1. The number of rotatable bonds is 7. The highest BCUT2D eigenvalue weighted by molar-refractivity contribution is 6.31. The molecule has 0 unspecified atom stereocenters. The molecule has 0 aliphatic heterocycles. The molecule has 0 aliphatic rings. The highest BCUT2D eigenvalue weighted by Gasteiger charge is 2.19. The maximum absolute atomic E-state index is 11.2. The lowest BCUT2D eigenvalue weighted by atomic mass is 10.1. The van der Waals surface area contributed by atoms with E-state index in [1.54, 1.807) is 12.1 Å². The van der Waals surface area contributed by atoms with Crippen molar-refractivity contribution < 1.29 is 9.72 Å². The minimum atomic E-state index is -0.504. The van der Waals surface area contributed by atoms with E-state index in [1.165, 1.54) is 6.07 Å². The van der Waals surface area contributed by atoms with E-state index in [4.69, 9.17) is 11.6 Å². The van der Waals surface area contributed by atoms with Crippen molar-refractivity contribution in [3.63, 3.8) is 0 Å². The van der Waals surface area contributed by atoms with Crippen LogP contribution >= 0.6 is 11.6 Å². The van der Waals surface area contributed by atoms with Crippen LogP contribution in [0.4, 0.5) is 11.4 Å². The van der Waals surface area contributed by atoms with Gasteiger partial charge in [0.15, 0.2) is 0 Å². The lowest BCUT2D eigenvalue weighted by Crippen LogP contribution is -2.27. The summed E-state index contributed by atoms with van der Waals surface area (Å²) < 4.78 is 0. The Morgan fingerprint density at radius 3 is 2.58 bits per heavy atom. The van der Waals surface area contributed by atoms with Gasteiger partial charge in [0, 0.05) is 23.2 Å². The van der Waals surface area contributed by atoms with Gasteiger partial charge in [0.25, 0.3) is 5.69 Å². The predicted octanol–water partition coefficient (Wildman–Crippen LogP) is 3.78. The smallest absolute Gasteiger partial charge is 0.293 e. The van der Waals surface area contributed by atoms with Crippen molar-refractivity contribution >= 4 is 29.3 Å². The van der Waals surface area contributed by atoms with Gasteiger partial charge in [0.1, 0.15) is 12.0 Å². The van der Waals surface area contributed by atoms with E-state index < -0.39 is 4.92 Å². The zero-order valence-corrected chi connectivity index (χ0v) is 14.2. The second-order valence-electron chi connectivity index (χ2n) is 5.53. The SMILES string of the molecule is CN(C)[C@H](CNc1ccc(C=O)cc1[N+](=O)[O-])c1ccccc1Cl. The topological polar surface area (TPSA) is 75.5 Å². The third-order valence-electron chi connectivity index (χ3n) is 3.73. The van der Waals surface area contributed by atoms with Gasteiger partial charge in [-0.25, -0.2) is 0 Å². The Bertz CT molecular complexity index is 750. The standard InChI is InChI=1S/C17H18ClN3O3/c1-20(2)17(13-5-3-4-6-14(13)18)10-19-15-8-7-12(11-22)9-16(15)21(23)24/h3-9,11,17,19H,10H2,1-2H3/t17-/m1/s1. The molecular weight excluding hydrogens is 330 g/mol. The van der Waals surface area contributed by atoms with Gasteiger partial charge in [0.2, 0.25) is 0 Å². The van der Waals surface area contributed by atoms with E-state index in [1.807, 2.05) is 43.3 Å². The molecule has 0 heterocycles. The highest BCUT2D eigenvalue weighted by Crippen LogP contribution is 2.29. The van der Waals surface area contributed by atoms with Gasteiger partial charge in [0.05, 0.1) is 11.0 Å². The number of carbonyl (C=O) groups is 1. The van der Waals surface area contributed by atoms with Gasteiger partial charge in [-0.15, -0.1) is 0 Å². The second kappa shape index (κ2) is 7.90. The molecule has 0 spiro atoms. The number of hydrogen-bond acceptors (Lipinski definition) is 5. The van der Waals surface area contributed by atoms with Crippen molar-refractivity contribution in [2.24, 2.45) is 0 Å². The first-order chi connectivity index (χ1) is 11.4. The number of benzene rings is 2. The maximum Gasteiger partial charge on any atom is 0.293 e. The average Bonchev–Trinajstić information content (AvgIpc) is 2.56. The molecule has 0 bridgehead atoms. The Balaban J connectivity index is 2.26. The molecule has 1 N–H and O–H groups in total. The average molecular weight is 348 g/mol. The molecule has 2 aromatic carbocycles. The first-order valence-electron chi connectivity index (χ1n) is 7.32. The Morgan fingerprint density at radius 1 is 1.29 bits per heavy atom. The van der Waals surface area contributed by atoms with Gasteiger partial charge < -0.3 is 10.2 Å². The third-order valence-corrected chi connectivity index (χ3v) is 4.07. The minimum absolute atomic E-state index is 0.0657. The Labute approximate surface area is 145 Å². The second-order valence-corrected chi connectivity index (χ2v) is 5.94. The molecule has 0 amide bonds. The lowest BCUT2D eigenvalue weighted by molar-refractivity contribution is -0.384. The molecule has 24 heavy (non-hydrogen) atoms. The highest BCUT2D eigenvalue weighted by atomic mass is 35.5. The van der Waals surface area contributed by atoms with Crippen LogP contribution in [0.2, 0.25) is 5.02 Å². The van der Waals surface area contributed by atoms with E-state index in [0.29, 0.717) is 23.5 Å². The maximum atomic E-state index is 11.2. The van der Waals surface area contributed by atoms with Crippen LogP contribution in [0, 0.1) is 10.1 Å².